The summed E-state index contributed by atoms with van der Waals surface area (Å²) < 4.78 is 33.8. The largest absolute Gasteiger partial charge is 0.466 e. The second kappa shape index (κ2) is 13.3. The Hall–Kier alpha value is -1.26. The van der Waals surface area contributed by atoms with Crippen molar-refractivity contribution in [1.82, 2.24) is 19.5 Å². The van der Waals surface area contributed by atoms with E-state index in [1.807, 2.05) is 0 Å². The molecule has 0 aliphatic carbocycles. The molecule has 0 unspecified atom stereocenters. The van der Waals surface area contributed by atoms with Gasteiger partial charge in [-0.1, -0.05) is 12.2 Å². The Morgan fingerprint density at radius 3 is 1.77 bits per heavy atom. The van der Waals surface area contributed by atoms with E-state index in [1.165, 1.54) is 10.9 Å². The summed E-state index contributed by atoms with van der Waals surface area (Å²) in [5, 5.41) is 28.9. The molecule has 0 radical (unpaired) electrons. The van der Waals surface area contributed by atoms with E-state index >= 15 is 0 Å². The number of aliphatic hydroxyl groups is 3. The molecule has 0 aromatic carbocycles. The van der Waals surface area contributed by atoms with Gasteiger partial charge in [-0.25, -0.2) is 23.7 Å². The summed E-state index contributed by atoms with van der Waals surface area (Å²) in [7, 11) is -13.9. The molecule has 204 valence electrons. The van der Waals surface area contributed by atoms with Crippen molar-refractivity contribution in [3.63, 3.8) is 0 Å². The Morgan fingerprint density at radius 1 is 0.971 bits per heavy atom. The molecule has 25 heteroatoms. The van der Waals surface area contributed by atoms with E-state index in [2.05, 4.69) is 15.0 Å². The highest BCUT2D eigenvalue weighted by Crippen LogP contribution is 2.31. The predicted molar refractivity (Wildman–Crippen MR) is 113 cm³/mol. The lowest BCUT2D eigenvalue weighted by Gasteiger charge is -2.16. The lowest BCUT2D eigenvalue weighted by molar-refractivity contribution is -0.0511. The Labute approximate surface area is 198 Å². The van der Waals surface area contributed by atoms with E-state index in [1.54, 1.807) is 0 Å². The van der Waals surface area contributed by atoms with Crippen LogP contribution in [0.3, 0.4) is 0 Å². The van der Waals surface area contributed by atoms with Crippen molar-refractivity contribution < 1.29 is 77.8 Å². The molecule has 0 spiro atoms. The zero-order valence-corrected chi connectivity index (χ0v) is 20.3. The minimum atomic E-state index is -4.64. The summed E-state index contributed by atoms with van der Waals surface area (Å²) in [5.41, 5.74) is 6.44. The molecule has 3 heterocycles. The summed E-state index contributed by atoms with van der Waals surface area (Å²) in [5.74, 6) is 0.107. The average molecular weight is 593 g/mol. The van der Waals surface area contributed by atoms with Gasteiger partial charge in [0.25, 0.3) is 0 Å². The lowest BCUT2D eigenvalue weighted by atomic mass is 10.1. The molecule has 2 aromatic heterocycles. The van der Waals surface area contributed by atoms with Crippen LogP contribution in [0.25, 0.3) is 11.2 Å². The zero-order chi connectivity index (χ0) is 27.9. The van der Waals surface area contributed by atoms with Gasteiger partial charge in [-0.05, 0) is 0 Å². The normalized spacial score (nSPS) is 22.3. The first kappa shape index (κ1) is 33.7. The molecule has 0 saturated carbocycles. The number of imidazole rings is 1. The second-order valence-corrected chi connectivity index (χ2v) is 9.51. The van der Waals surface area contributed by atoms with Crippen LogP contribution >= 0.6 is 35.7 Å². The molecule has 15 N–H and O–H groups in total. The summed E-state index contributed by atoms with van der Waals surface area (Å²) in [6, 6.07) is 0. The van der Waals surface area contributed by atoms with Crippen LogP contribution in [0.15, 0.2) is 6.33 Å². The molecular formula is C10H22N5O16P3S. The van der Waals surface area contributed by atoms with E-state index in [-0.39, 0.29) is 10.6 Å². The fourth-order valence-electron chi connectivity index (χ4n) is 2.26. The first-order valence-corrected chi connectivity index (χ1v) is 13.3. The molecular weight excluding hydrogens is 571 g/mol. The maximum absolute atomic E-state index is 10.0. The van der Waals surface area contributed by atoms with Crippen molar-refractivity contribution in [2.24, 2.45) is 0 Å². The molecule has 1 fully saturated rings. The highest BCUT2D eigenvalue weighted by molar-refractivity contribution is 7.71. The lowest BCUT2D eigenvalue weighted by Crippen LogP contribution is -2.33. The van der Waals surface area contributed by atoms with Gasteiger partial charge in [-0.15, -0.1) is 0 Å². The third kappa shape index (κ3) is 14.8. The van der Waals surface area contributed by atoms with Gasteiger partial charge in [0.05, 0.1) is 12.9 Å². The van der Waals surface area contributed by atoms with Gasteiger partial charge in [-0.3, -0.25) is 4.57 Å². The first-order valence-electron chi connectivity index (χ1n) is 8.22. The Kier molecular flexibility index (Phi) is 12.9. The molecule has 1 aliphatic rings. The van der Waals surface area contributed by atoms with Crippen molar-refractivity contribution in [1.29, 1.82) is 0 Å². The van der Waals surface area contributed by atoms with E-state index in [4.69, 9.17) is 85.5 Å². The van der Waals surface area contributed by atoms with E-state index in [9.17, 15) is 10.2 Å². The summed E-state index contributed by atoms with van der Waals surface area (Å²) in [6.07, 6.45) is -2.77. The highest BCUT2D eigenvalue weighted by Gasteiger charge is 2.43. The van der Waals surface area contributed by atoms with Gasteiger partial charge in [0.2, 0.25) is 0 Å². The number of aromatic amines is 1. The van der Waals surface area contributed by atoms with Gasteiger partial charge < -0.3 is 74.8 Å². The van der Waals surface area contributed by atoms with Gasteiger partial charge in [0.15, 0.2) is 16.8 Å². The number of H-pyrrole nitrogens is 1. The molecule has 0 bridgehead atoms. The number of fused-ring (bicyclic) bond motifs is 1. The van der Waals surface area contributed by atoms with E-state index in [0.29, 0.717) is 11.2 Å². The van der Waals surface area contributed by atoms with Crippen LogP contribution in [0.5, 0.6) is 0 Å². The number of nitrogens with zero attached hydrogens (tertiary/aromatic N) is 3. The van der Waals surface area contributed by atoms with E-state index in [0.717, 1.165) is 0 Å². The number of ether oxygens (including phenoxy) is 1. The number of anilines is 1. The second-order valence-electron chi connectivity index (χ2n) is 6.04. The van der Waals surface area contributed by atoms with Crippen molar-refractivity contribution >= 4 is 52.8 Å². The molecule has 3 rings (SSSR count). The minimum absolute atomic E-state index is 0.107. The summed E-state index contributed by atoms with van der Waals surface area (Å²) in [6.45, 7) is -0.402. The number of phosphoric acid groups is 3. The van der Waals surface area contributed by atoms with Crippen molar-refractivity contribution in [2.45, 2.75) is 24.5 Å². The molecule has 1 saturated heterocycles. The van der Waals surface area contributed by atoms with Crippen LogP contribution in [0.1, 0.15) is 6.23 Å². The Bertz CT molecular complexity index is 1080. The van der Waals surface area contributed by atoms with Gasteiger partial charge >= 0.3 is 23.5 Å². The number of aromatic nitrogens is 4. The number of nitrogens with one attached hydrogen (secondary N) is 1. The average Bonchev–Trinajstić information content (AvgIpc) is 3.12. The van der Waals surface area contributed by atoms with Gasteiger partial charge in [0, 0.05) is 0 Å². The SMILES string of the molecule is Nc1nc(=S)c2ncn([C@@H]3O[C@H](CO)[C@@H](O)[C@H]3O)c2[nH]1.O=P(O)(O)O.O=P(O)(O)O.O=P(O)(O)O. The fraction of sp³-hybridized carbons (Fsp3) is 0.500. The molecule has 35 heavy (non-hydrogen) atoms. The van der Waals surface area contributed by atoms with Crippen LogP contribution in [0.4, 0.5) is 5.95 Å². The van der Waals surface area contributed by atoms with Gasteiger partial charge in [0.1, 0.15) is 29.5 Å². The molecule has 4 atom stereocenters. The predicted octanol–water partition coefficient (Wildman–Crippen LogP) is -4.10. The van der Waals surface area contributed by atoms with Crippen LogP contribution in [0.2, 0.25) is 0 Å². The summed E-state index contributed by atoms with van der Waals surface area (Å²) >= 11 is 5.05. The topological polar surface area (TPSA) is 376 Å². The maximum atomic E-state index is 10.0. The minimum Gasteiger partial charge on any atom is -0.394 e. The van der Waals surface area contributed by atoms with Crippen molar-refractivity contribution in [2.75, 3.05) is 12.3 Å². The third-order valence-electron chi connectivity index (χ3n) is 3.26. The van der Waals surface area contributed by atoms with Crippen molar-refractivity contribution in [3.05, 3.63) is 11.0 Å². The number of nitrogens with two attached hydrogens (primary N) is 1. The number of aliphatic hydroxyl groups excluding tert-OH is 3. The van der Waals surface area contributed by atoms with Crippen molar-refractivity contribution in [3.8, 4) is 0 Å². The molecule has 1 aliphatic heterocycles. The first-order chi connectivity index (χ1) is 15.5. The number of nitrogen functional groups attached to an aromatic ring is 1. The zero-order valence-electron chi connectivity index (χ0n) is 16.8. The standard InChI is InChI=1S/C10H13N5O4S.3H3O4P/c11-10-13-7-4(8(20)14-10)12-2-15(7)9-6(18)5(17)3(1-16)19-9;3*1-5(2,3)4/h2-3,5-6,9,16-18H,1H2,(H3,11,13,14,20);3*(H3,1,2,3,4)/t3-,5-,6-,9-;;;/m1.../s1. The van der Waals surface area contributed by atoms with E-state index < -0.39 is 54.6 Å². The Morgan fingerprint density at radius 2 is 1.40 bits per heavy atom. The van der Waals surface area contributed by atoms with Gasteiger partial charge in [-0.2, -0.15) is 0 Å². The number of hydrogen-bond donors (Lipinski definition) is 14. The molecule has 21 nitrogen and oxygen atoms in total. The molecule has 2 aromatic rings. The quantitative estimate of drug-likeness (QED) is 0.116. The van der Waals surface area contributed by atoms with Crippen LogP contribution in [0, 0.1) is 4.64 Å². The maximum Gasteiger partial charge on any atom is 0.466 e. The fourth-order valence-corrected chi connectivity index (χ4v) is 2.50. The third-order valence-corrected chi connectivity index (χ3v) is 3.54. The number of rotatable bonds is 2. The van der Waals surface area contributed by atoms with Crippen LogP contribution < -0.4 is 5.73 Å². The monoisotopic (exact) mass is 593 g/mol. The summed E-state index contributed by atoms with van der Waals surface area (Å²) in [4.78, 5) is 75.4. The number of hydrogen-bond acceptors (Lipinski definition) is 11. The van der Waals surface area contributed by atoms with Crippen LogP contribution in [-0.4, -0.2) is 104 Å². The molecule has 0 amide bonds. The smallest absolute Gasteiger partial charge is 0.394 e. The van der Waals surface area contributed by atoms with Crippen LogP contribution in [-0.2, 0) is 18.4 Å². The Balaban J connectivity index is 0.000000635. The highest BCUT2D eigenvalue weighted by atomic mass is 32.1.